The predicted molar refractivity (Wildman–Crippen MR) is 84.3 cm³/mol. The lowest BCUT2D eigenvalue weighted by molar-refractivity contribution is 0.0770. The van der Waals surface area contributed by atoms with Crippen LogP contribution in [0.3, 0.4) is 0 Å². The lowest BCUT2D eigenvalue weighted by Gasteiger charge is -2.23. The number of fused-ring (bicyclic) bond motifs is 1. The van der Waals surface area contributed by atoms with Crippen molar-refractivity contribution in [2.75, 3.05) is 13.7 Å². The van der Waals surface area contributed by atoms with E-state index in [2.05, 4.69) is 0 Å². The van der Waals surface area contributed by atoms with Gasteiger partial charge in [0.05, 0.1) is 17.7 Å². The highest BCUT2D eigenvalue weighted by atomic mass is 35.5. The summed E-state index contributed by atoms with van der Waals surface area (Å²) < 4.78 is 34.7. The minimum absolute atomic E-state index is 0.131. The molecule has 1 aliphatic heterocycles. The first-order valence-corrected chi connectivity index (χ1v) is 8.75. The van der Waals surface area contributed by atoms with Crippen LogP contribution in [0, 0.1) is 0 Å². The van der Waals surface area contributed by atoms with Crippen LogP contribution in [0.1, 0.15) is 5.69 Å². The summed E-state index contributed by atoms with van der Waals surface area (Å²) in [6.45, 7) is 1.24. The molecule has 2 aromatic rings. The molecule has 0 unspecified atom stereocenters. The number of hydrogen-bond donors (Lipinski definition) is 0. The molecule has 7 heteroatoms. The molecule has 3 rings (SSSR count). The van der Waals surface area contributed by atoms with Gasteiger partial charge in [-0.3, -0.25) is 0 Å². The van der Waals surface area contributed by atoms with Crippen molar-refractivity contribution in [1.82, 2.24) is 8.87 Å². The lowest BCUT2D eigenvalue weighted by Crippen LogP contribution is -2.37. The third kappa shape index (κ3) is 2.79. The second-order valence-corrected chi connectivity index (χ2v) is 7.55. The molecule has 0 bridgehead atoms. The van der Waals surface area contributed by atoms with Crippen molar-refractivity contribution < 1.29 is 13.2 Å². The van der Waals surface area contributed by atoms with Gasteiger partial charge in [0.1, 0.15) is 4.90 Å². The summed E-state index contributed by atoms with van der Waals surface area (Å²) in [7, 11) is -2.07. The fraction of sp³-hybridized carbons (Fsp3) is 0.333. The van der Waals surface area contributed by atoms with Crippen molar-refractivity contribution in [3.05, 3.63) is 53.3 Å². The van der Waals surface area contributed by atoms with Gasteiger partial charge in [0.25, 0.3) is 0 Å². The first kappa shape index (κ1) is 15.6. The molecule has 1 aromatic heterocycles. The fourth-order valence-electron chi connectivity index (χ4n) is 2.65. The van der Waals surface area contributed by atoms with Gasteiger partial charge in [-0.05, 0) is 24.3 Å². The zero-order valence-corrected chi connectivity index (χ0v) is 13.7. The van der Waals surface area contributed by atoms with E-state index in [4.69, 9.17) is 16.3 Å². The molecular weight excluding hydrogens is 324 g/mol. The predicted octanol–water partition coefficient (Wildman–Crippen LogP) is 2.36. The molecule has 118 valence electrons. The molecule has 0 N–H and O–H groups in total. The van der Waals surface area contributed by atoms with E-state index in [1.165, 1.54) is 10.4 Å². The highest BCUT2D eigenvalue weighted by Crippen LogP contribution is 2.27. The van der Waals surface area contributed by atoms with Gasteiger partial charge in [-0.15, -0.1) is 0 Å². The number of hydrogen-bond acceptors (Lipinski definition) is 3. The summed E-state index contributed by atoms with van der Waals surface area (Å²) in [6, 6.07) is 10.3. The molecule has 0 radical (unpaired) electrons. The van der Waals surface area contributed by atoms with Crippen LogP contribution in [-0.2, 0) is 27.8 Å². The van der Waals surface area contributed by atoms with Crippen LogP contribution in [-0.4, -0.2) is 37.0 Å². The van der Waals surface area contributed by atoms with Gasteiger partial charge in [0.15, 0.2) is 0 Å². The molecule has 1 aliphatic rings. The van der Waals surface area contributed by atoms with E-state index < -0.39 is 10.0 Å². The molecule has 0 aliphatic carbocycles. The van der Waals surface area contributed by atoms with E-state index in [1.54, 1.807) is 25.3 Å². The van der Waals surface area contributed by atoms with Crippen LogP contribution >= 0.6 is 11.6 Å². The lowest BCUT2D eigenvalue weighted by atomic mass is 10.3. The van der Waals surface area contributed by atoms with Crippen LogP contribution < -0.4 is 0 Å². The van der Waals surface area contributed by atoms with Gasteiger partial charge in [-0.25, -0.2) is 8.42 Å². The van der Waals surface area contributed by atoms with Crippen molar-refractivity contribution in [3.63, 3.8) is 0 Å². The van der Waals surface area contributed by atoms with Gasteiger partial charge in [-0.1, -0.05) is 23.7 Å². The van der Waals surface area contributed by atoms with Crippen molar-refractivity contribution in [2.45, 2.75) is 24.1 Å². The molecule has 0 fully saturated rings. The average molecular weight is 341 g/mol. The Bertz CT molecular complexity index is 773. The summed E-state index contributed by atoms with van der Waals surface area (Å²) in [4.78, 5) is 0.131. The number of aromatic nitrogens is 1. The normalized spacial score (nSPS) is 19.6. The maximum atomic E-state index is 12.9. The molecule has 1 atom stereocenters. The maximum absolute atomic E-state index is 12.9. The first-order chi connectivity index (χ1) is 10.5. The van der Waals surface area contributed by atoms with Crippen molar-refractivity contribution in [2.24, 2.45) is 0 Å². The van der Waals surface area contributed by atoms with E-state index in [0.717, 1.165) is 5.69 Å². The van der Waals surface area contributed by atoms with Gasteiger partial charge in [0, 0.05) is 32.1 Å². The number of ether oxygens (including phenoxy) is 1. The Balaban J connectivity index is 2.01. The molecule has 0 saturated carbocycles. The zero-order valence-electron chi connectivity index (χ0n) is 12.1. The summed E-state index contributed by atoms with van der Waals surface area (Å²) in [5.41, 5.74) is 0.940. The molecule has 2 heterocycles. The fourth-order valence-corrected chi connectivity index (χ4v) is 4.58. The average Bonchev–Trinajstić information content (AvgIpc) is 2.84. The smallest absolute Gasteiger partial charge is 0.245 e. The van der Waals surface area contributed by atoms with E-state index in [-0.39, 0.29) is 16.0 Å². The van der Waals surface area contributed by atoms with Crippen LogP contribution in [0.4, 0.5) is 0 Å². The Morgan fingerprint density at radius 1 is 1.18 bits per heavy atom. The van der Waals surface area contributed by atoms with E-state index >= 15 is 0 Å². The number of rotatable bonds is 3. The Kier molecular flexibility index (Phi) is 4.27. The summed E-state index contributed by atoms with van der Waals surface area (Å²) in [6.07, 6.45) is 1.73. The Hall–Kier alpha value is -1.34. The van der Waals surface area contributed by atoms with E-state index in [9.17, 15) is 8.42 Å². The number of benzene rings is 1. The van der Waals surface area contributed by atoms with Gasteiger partial charge in [0.2, 0.25) is 10.0 Å². The molecule has 0 saturated heterocycles. The number of halogens is 1. The minimum Gasteiger partial charge on any atom is -0.378 e. The summed E-state index contributed by atoms with van der Waals surface area (Å²) in [5, 5.41) is 0.232. The van der Waals surface area contributed by atoms with Crippen molar-refractivity contribution in [1.29, 1.82) is 0 Å². The second-order valence-electron chi connectivity index (χ2n) is 5.24. The topological polar surface area (TPSA) is 51.5 Å². The molecule has 0 spiro atoms. The number of sulfonamides is 1. The number of methoxy groups -OCH3 is 1. The number of nitrogens with zero attached hydrogens (tertiary/aromatic N) is 2. The second kappa shape index (κ2) is 6.04. The Morgan fingerprint density at radius 3 is 2.68 bits per heavy atom. The summed E-state index contributed by atoms with van der Waals surface area (Å²) >= 11 is 6.08. The molecule has 22 heavy (non-hydrogen) atoms. The van der Waals surface area contributed by atoms with Crippen LogP contribution in [0.25, 0.3) is 0 Å². The maximum Gasteiger partial charge on any atom is 0.245 e. The third-order valence-corrected chi connectivity index (χ3v) is 6.17. The van der Waals surface area contributed by atoms with Gasteiger partial charge in [-0.2, -0.15) is 4.31 Å². The van der Waals surface area contributed by atoms with E-state index in [1.807, 2.05) is 22.9 Å². The van der Waals surface area contributed by atoms with Gasteiger partial charge < -0.3 is 9.30 Å². The molecular formula is C15H17ClN2O3S. The first-order valence-electron chi connectivity index (χ1n) is 6.94. The Labute approximate surface area is 135 Å². The summed E-state index contributed by atoms with van der Waals surface area (Å²) in [5.74, 6) is 0. The van der Waals surface area contributed by atoms with E-state index in [0.29, 0.717) is 19.6 Å². The van der Waals surface area contributed by atoms with Gasteiger partial charge >= 0.3 is 0 Å². The highest BCUT2D eigenvalue weighted by Gasteiger charge is 2.32. The SMILES string of the molecule is CO[C@H]1CN(S(=O)(=O)c2ccccc2Cl)Cc2cccn2C1. The largest absolute Gasteiger partial charge is 0.378 e. The molecule has 0 amide bonds. The van der Waals surface area contributed by atoms with Crippen molar-refractivity contribution >= 4 is 21.6 Å². The quantitative estimate of drug-likeness (QED) is 0.862. The highest BCUT2D eigenvalue weighted by molar-refractivity contribution is 7.89. The zero-order chi connectivity index (χ0) is 15.7. The third-order valence-electron chi connectivity index (χ3n) is 3.86. The molecule has 5 nitrogen and oxygen atoms in total. The monoisotopic (exact) mass is 340 g/mol. The minimum atomic E-state index is -3.67. The van der Waals surface area contributed by atoms with Crippen LogP contribution in [0.15, 0.2) is 47.5 Å². The Morgan fingerprint density at radius 2 is 1.95 bits per heavy atom. The van der Waals surface area contributed by atoms with Crippen LogP contribution in [0.5, 0.6) is 0 Å². The van der Waals surface area contributed by atoms with Crippen molar-refractivity contribution in [3.8, 4) is 0 Å². The standard InChI is InChI=1S/C15H17ClN2O3S/c1-21-13-10-17-8-4-5-12(17)9-18(11-13)22(19,20)15-7-3-2-6-14(15)16/h2-8,13H,9-11H2,1H3/t13-/m1/s1. The molecule has 1 aromatic carbocycles. The van der Waals surface area contributed by atoms with Crippen LogP contribution in [0.2, 0.25) is 5.02 Å².